The first kappa shape index (κ1) is 28.0. The Bertz CT molecular complexity index is 1280. The van der Waals surface area contributed by atoms with E-state index in [1.165, 1.54) is 43.3 Å². The van der Waals surface area contributed by atoms with Crippen LogP contribution in [0.1, 0.15) is 19.4 Å². The molecular weight excluding hydrogens is 484 g/mol. The molecule has 37 heavy (non-hydrogen) atoms. The highest BCUT2D eigenvalue weighted by Crippen LogP contribution is 2.31. The number of esters is 4. The standard InChI is InChI=1S/C27H22O10/c1-6-24(29)34-20-9-18(10-21(13-20)35-25(30)7-2)16(4)17(5)27(32)37-23-12-19(33-15-28)11-22(14-23)36-26(31)8-3/h6-15H,1-3H2,4-5H3/b17-16+. The molecule has 0 saturated heterocycles. The first-order valence-corrected chi connectivity index (χ1v) is 10.4. The monoisotopic (exact) mass is 506 g/mol. The van der Waals surface area contributed by atoms with Crippen molar-refractivity contribution in [1.82, 2.24) is 0 Å². The molecule has 0 saturated carbocycles. The molecule has 0 unspecified atom stereocenters. The highest BCUT2D eigenvalue weighted by atomic mass is 16.6. The van der Waals surface area contributed by atoms with Crippen LogP contribution in [-0.2, 0) is 24.0 Å². The molecular formula is C27H22O10. The highest BCUT2D eigenvalue weighted by Gasteiger charge is 2.17. The Morgan fingerprint density at radius 1 is 0.622 bits per heavy atom. The molecule has 0 fully saturated rings. The summed E-state index contributed by atoms with van der Waals surface area (Å²) in [6.07, 6.45) is 2.84. The lowest BCUT2D eigenvalue weighted by atomic mass is 10.0. The van der Waals surface area contributed by atoms with Crippen molar-refractivity contribution in [2.24, 2.45) is 0 Å². The molecule has 2 aromatic rings. The topological polar surface area (TPSA) is 132 Å². The van der Waals surface area contributed by atoms with Gasteiger partial charge in [0.1, 0.15) is 28.7 Å². The minimum absolute atomic E-state index is 0.0298. The van der Waals surface area contributed by atoms with E-state index in [2.05, 4.69) is 19.7 Å². The fraction of sp³-hybridized carbons (Fsp3) is 0.0741. The number of ether oxygens (including phenoxy) is 5. The third-order valence-electron chi connectivity index (χ3n) is 4.59. The molecule has 0 heterocycles. The summed E-state index contributed by atoms with van der Waals surface area (Å²) in [6.45, 7) is 13.2. The smallest absolute Gasteiger partial charge is 0.339 e. The number of hydrogen-bond acceptors (Lipinski definition) is 10. The van der Waals surface area contributed by atoms with E-state index in [1.807, 2.05) is 0 Å². The second-order valence-corrected chi connectivity index (χ2v) is 7.06. The van der Waals surface area contributed by atoms with E-state index < -0.39 is 23.9 Å². The fourth-order valence-electron chi connectivity index (χ4n) is 2.72. The van der Waals surface area contributed by atoms with E-state index >= 15 is 0 Å². The highest BCUT2D eigenvalue weighted by molar-refractivity contribution is 5.98. The Morgan fingerprint density at radius 2 is 1.00 bits per heavy atom. The normalized spacial score (nSPS) is 10.6. The van der Waals surface area contributed by atoms with Crippen LogP contribution in [0.4, 0.5) is 0 Å². The Hall–Kier alpha value is -5.25. The third kappa shape index (κ3) is 8.18. The van der Waals surface area contributed by atoms with Crippen molar-refractivity contribution in [2.75, 3.05) is 0 Å². The number of carbonyl (C=O) groups is 5. The maximum atomic E-state index is 12.9. The van der Waals surface area contributed by atoms with Crippen molar-refractivity contribution >= 4 is 35.9 Å². The molecule has 0 aliphatic rings. The zero-order valence-corrected chi connectivity index (χ0v) is 20.0. The van der Waals surface area contributed by atoms with Crippen LogP contribution in [0, 0.1) is 0 Å². The Balaban J connectivity index is 2.43. The summed E-state index contributed by atoms with van der Waals surface area (Å²) in [7, 11) is 0. The average molecular weight is 506 g/mol. The summed E-state index contributed by atoms with van der Waals surface area (Å²) < 4.78 is 25.4. The fourth-order valence-corrected chi connectivity index (χ4v) is 2.72. The van der Waals surface area contributed by atoms with E-state index in [0.29, 0.717) is 11.1 Å². The van der Waals surface area contributed by atoms with Gasteiger partial charge in [-0.2, -0.15) is 0 Å². The first-order chi connectivity index (χ1) is 17.6. The summed E-state index contributed by atoms with van der Waals surface area (Å²) in [5.41, 5.74) is 0.880. The molecule has 0 spiro atoms. The van der Waals surface area contributed by atoms with Gasteiger partial charge in [-0.3, -0.25) is 4.79 Å². The lowest BCUT2D eigenvalue weighted by Crippen LogP contribution is -2.12. The lowest BCUT2D eigenvalue weighted by Gasteiger charge is -2.13. The van der Waals surface area contributed by atoms with Crippen molar-refractivity contribution < 1.29 is 47.7 Å². The molecule has 0 N–H and O–H groups in total. The predicted molar refractivity (Wildman–Crippen MR) is 131 cm³/mol. The van der Waals surface area contributed by atoms with Crippen molar-refractivity contribution in [2.45, 2.75) is 13.8 Å². The van der Waals surface area contributed by atoms with Crippen LogP contribution in [-0.4, -0.2) is 30.3 Å². The summed E-state index contributed by atoms with van der Waals surface area (Å²) >= 11 is 0. The van der Waals surface area contributed by atoms with Crippen molar-refractivity contribution in [3.8, 4) is 28.7 Å². The molecule has 190 valence electrons. The Kier molecular flexibility index (Phi) is 9.84. The number of benzene rings is 2. The van der Waals surface area contributed by atoms with Gasteiger partial charge < -0.3 is 23.7 Å². The van der Waals surface area contributed by atoms with E-state index in [4.69, 9.17) is 23.7 Å². The van der Waals surface area contributed by atoms with Crippen LogP contribution in [0.25, 0.3) is 5.57 Å². The molecule has 0 amide bonds. The van der Waals surface area contributed by atoms with E-state index in [1.54, 1.807) is 6.92 Å². The zero-order chi connectivity index (χ0) is 27.5. The maximum absolute atomic E-state index is 12.9. The van der Waals surface area contributed by atoms with Crippen molar-refractivity contribution in [3.05, 3.63) is 85.5 Å². The molecule has 10 nitrogen and oxygen atoms in total. The van der Waals surface area contributed by atoms with Crippen LogP contribution in [0.2, 0.25) is 0 Å². The number of carbonyl (C=O) groups excluding carboxylic acids is 5. The van der Waals surface area contributed by atoms with Gasteiger partial charge in [-0.15, -0.1) is 0 Å². The van der Waals surface area contributed by atoms with Gasteiger partial charge >= 0.3 is 23.9 Å². The van der Waals surface area contributed by atoms with E-state index in [-0.39, 0.29) is 40.8 Å². The van der Waals surface area contributed by atoms with Gasteiger partial charge in [0, 0.05) is 48.1 Å². The third-order valence-corrected chi connectivity index (χ3v) is 4.59. The number of rotatable bonds is 11. The van der Waals surface area contributed by atoms with E-state index in [0.717, 1.165) is 18.2 Å². The molecule has 2 aromatic carbocycles. The molecule has 0 aliphatic heterocycles. The molecule has 0 radical (unpaired) electrons. The summed E-state index contributed by atoms with van der Waals surface area (Å²) in [6, 6.07) is 7.92. The van der Waals surface area contributed by atoms with Crippen molar-refractivity contribution in [3.63, 3.8) is 0 Å². The van der Waals surface area contributed by atoms with Gasteiger partial charge in [0.05, 0.1) is 0 Å². The molecule has 2 rings (SSSR count). The number of hydrogen-bond donors (Lipinski definition) is 0. The Morgan fingerprint density at radius 3 is 1.41 bits per heavy atom. The lowest BCUT2D eigenvalue weighted by molar-refractivity contribution is -0.130. The largest absolute Gasteiger partial charge is 0.428 e. The van der Waals surface area contributed by atoms with Gasteiger partial charge in [0.15, 0.2) is 0 Å². The molecule has 10 heteroatoms. The van der Waals surface area contributed by atoms with Gasteiger partial charge in [0.2, 0.25) is 0 Å². The quantitative estimate of drug-likeness (QED) is 0.191. The van der Waals surface area contributed by atoms with Crippen molar-refractivity contribution in [1.29, 1.82) is 0 Å². The minimum atomic E-state index is -0.806. The van der Waals surface area contributed by atoms with Gasteiger partial charge in [-0.25, -0.2) is 19.2 Å². The van der Waals surface area contributed by atoms with Crippen LogP contribution in [0.5, 0.6) is 28.7 Å². The van der Waals surface area contributed by atoms with Gasteiger partial charge in [-0.1, -0.05) is 19.7 Å². The van der Waals surface area contributed by atoms with Crippen LogP contribution in [0.3, 0.4) is 0 Å². The summed E-state index contributed by atoms with van der Waals surface area (Å²) in [4.78, 5) is 58.5. The average Bonchev–Trinajstić information content (AvgIpc) is 2.87. The molecule has 0 bridgehead atoms. The second-order valence-electron chi connectivity index (χ2n) is 7.06. The predicted octanol–water partition coefficient (Wildman–Crippen LogP) is 3.90. The summed E-state index contributed by atoms with van der Waals surface area (Å²) in [5, 5.41) is 0. The summed E-state index contributed by atoms with van der Waals surface area (Å²) in [5.74, 6) is -3.21. The zero-order valence-electron chi connectivity index (χ0n) is 20.0. The molecule has 0 atom stereocenters. The van der Waals surface area contributed by atoms with Crippen LogP contribution < -0.4 is 23.7 Å². The number of allylic oxidation sites excluding steroid dienone is 1. The maximum Gasteiger partial charge on any atom is 0.339 e. The minimum Gasteiger partial charge on any atom is -0.428 e. The second kappa shape index (κ2) is 13.0. The molecule has 0 aromatic heterocycles. The van der Waals surface area contributed by atoms with Crippen LogP contribution >= 0.6 is 0 Å². The SMILES string of the molecule is C=CC(=O)Oc1cc(OC=O)cc(OC(=O)/C(C)=C(\C)c2cc(OC(=O)C=C)cc(OC(=O)C=C)c2)c1. The van der Waals surface area contributed by atoms with E-state index in [9.17, 15) is 24.0 Å². The van der Waals surface area contributed by atoms with Gasteiger partial charge in [0.25, 0.3) is 6.47 Å². The first-order valence-electron chi connectivity index (χ1n) is 10.4. The van der Waals surface area contributed by atoms with Crippen LogP contribution in [0.15, 0.2) is 79.9 Å². The molecule has 0 aliphatic carbocycles. The Labute approximate surface area is 212 Å². The van der Waals surface area contributed by atoms with Gasteiger partial charge in [-0.05, 0) is 37.1 Å².